The summed E-state index contributed by atoms with van der Waals surface area (Å²) in [5.41, 5.74) is 6.09. The quantitative estimate of drug-likeness (QED) is 0.847. The van der Waals surface area contributed by atoms with Crippen LogP contribution in [0.3, 0.4) is 0 Å². The molecule has 0 aliphatic carbocycles. The minimum atomic E-state index is -0.439. The molecule has 1 aromatic carbocycles. The third kappa shape index (κ3) is 3.44. The standard InChI is InChI=1S/C11H15ClN2O/c1-8(2)7-14(11(13)15)10-5-3-9(12)4-6-10/h3-6,8H,7H2,1-2H3,(H2,13,15). The summed E-state index contributed by atoms with van der Waals surface area (Å²) in [5, 5.41) is 0.646. The number of anilines is 1. The summed E-state index contributed by atoms with van der Waals surface area (Å²) in [5.74, 6) is 0.369. The summed E-state index contributed by atoms with van der Waals surface area (Å²) in [7, 11) is 0. The molecule has 2 N–H and O–H groups in total. The summed E-state index contributed by atoms with van der Waals surface area (Å²) in [4.78, 5) is 12.8. The van der Waals surface area contributed by atoms with E-state index in [1.807, 2.05) is 13.8 Å². The van der Waals surface area contributed by atoms with Crippen molar-refractivity contribution in [3.63, 3.8) is 0 Å². The van der Waals surface area contributed by atoms with Crippen molar-refractivity contribution in [3.05, 3.63) is 29.3 Å². The number of carbonyl (C=O) groups is 1. The Morgan fingerprint density at radius 2 is 1.93 bits per heavy atom. The smallest absolute Gasteiger partial charge is 0.319 e. The Hall–Kier alpha value is -1.22. The number of hydrogen-bond donors (Lipinski definition) is 1. The molecule has 0 aliphatic rings. The molecular formula is C11H15ClN2O. The predicted octanol–water partition coefficient (Wildman–Crippen LogP) is 2.88. The van der Waals surface area contributed by atoms with E-state index in [-0.39, 0.29) is 0 Å². The van der Waals surface area contributed by atoms with Crippen LogP contribution >= 0.6 is 11.6 Å². The first kappa shape index (κ1) is 11.9. The van der Waals surface area contributed by atoms with Gasteiger partial charge in [0, 0.05) is 17.3 Å². The molecule has 0 saturated heterocycles. The number of hydrogen-bond acceptors (Lipinski definition) is 1. The molecule has 0 aliphatic heterocycles. The number of primary amides is 1. The van der Waals surface area contributed by atoms with Crippen molar-refractivity contribution < 1.29 is 4.79 Å². The second-order valence-electron chi connectivity index (χ2n) is 3.82. The lowest BCUT2D eigenvalue weighted by Crippen LogP contribution is -2.38. The first-order valence-electron chi connectivity index (χ1n) is 4.83. The second-order valence-corrected chi connectivity index (χ2v) is 4.26. The van der Waals surface area contributed by atoms with Gasteiger partial charge < -0.3 is 5.73 Å². The van der Waals surface area contributed by atoms with E-state index in [2.05, 4.69) is 0 Å². The van der Waals surface area contributed by atoms with Gasteiger partial charge in [0.1, 0.15) is 0 Å². The predicted molar refractivity (Wildman–Crippen MR) is 63.2 cm³/mol. The van der Waals surface area contributed by atoms with Crippen LogP contribution < -0.4 is 10.6 Å². The summed E-state index contributed by atoms with van der Waals surface area (Å²) in [6.45, 7) is 4.68. The highest BCUT2D eigenvalue weighted by Gasteiger charge is 2.13. The maximum Gasteiger partial charge on any atom is 0.319 e. The van der Waals surface area contributed by atoms with Gasteiger partial charge in [0.25, 0.3) is 0 Å². The lowest BCUT2D eigenvalue weighted by Gasteiger charge is -2.22. The Labute approximate surface area is 94.8 Å². The molecule has 0 fully saturated rings. The van der Waals surface area contributed by atoms with E-state index in [1.54, 1.807) is 29.2 Å². The number of nitrogens with zero attached hydrogens (tertiary/aromatic N) is 1. The second kappa shape index (κ2) is 5.03. The summed E-state index contributed by atoms with van der Waals surface area (Å²) < 4.78 is 0. The Kier molecular flexibility index (Phi) is 3.97. The molecule has 3 nitrogen and oxygen atoms in total. The molecule has 0 atom stereocenters. The number of benzene rings is 1. The van der Waals surface area contributed by atoms with Gasteiger partial charge in [-0.3, -0.25) is 4.90 Å². The van der Waals surface area contributed by atoms with Crippen LogP contribution in [-0.2, 0) is 0 Å². The number of amides is 2. The number of halogens is 1. The first-order valence-corrected chi connectivity index (χ1v) is 5.21. The zero-order valence-electron chi connectivity index (χ0n) is 8.90. The van der Waals surface area contributed by atoms with Gasteiger partial charge in [-0.2, -0.15) is 0 Å². The van der Waals surface area contributed by atoms with E-state index < -0.39 is 6.03 Å². The topological polar surface area (TPSA) is 46.3 Å². The molecular weight excluding hydrogens is 212 g/mol. The van der Waals surface area contributed by atoms with E-state index in [0.717, 1.165) is 5.69 Å². The van der Waals surface area contributed by atoms with Crippen LogP contribution in [0.4, 0.5) is 10.5 Å². The molecule has 0 radical (unpaired) electrons. The third-order valence-electron chi connectivity index (χ3n) is 1.95. The van der Waals surface area contributed by atoms with Gasteiger partial charge in [-0.05, 0) is 30.2 Å². The maximum atomic E-state index is 11.2. The largest absolute Gasteiger partial charge is 0.351 e. The van der Waals surface area contributed by atoms with Crippen LogP contribution in [0.5, 0.6) is 0 Å². The van der Waals surface area contributed by atoms with Crippen molar-refractivity contribution in [1.29, 1.82) is 0 Å². The molecule has 15 heavy (non-hydrogen) atoms. The molecule has 0 bridgehead atoms. The number of urea groups is 1. The minimum Gasteiger partial charge on any atom is -0.351 e. The Balaban J connectivity index is 2.89. The average Bonchev–Trinajstić information content (AvgIpc) is 2.15. The van der Waals surface area contributed by atoms with Crippen LogP contribution in [0.2, 0.25) is 5.02 Å². The molecule has 82 valence electrons. The highest BCUT2D eigenvalue weighted by Crippen LogP contribution is 2.18. The Bertz CT molecular complexity index is 335. The molecule has 0 aromatic heterocycles. The van der Waals surface area contributed by atoms with Crippen molar-refractivity contribution >= 4 is 23.3 Å². The molecule has 0 spiro atoms. The summed E-state index contributed by atoms with van der Waals surface area (Å²) in [6.07, 6.45) is 0. The molecule has 1 aromatic rings. The van der Waals surface area contributed by atoms with Crippen molar-refractivity contribution in [3.8, 4) is 0 Å². The molecule has 4 heteroatoms. The molecule has 0 saturated carbocycles. The molecule has 0 heterocycles. The summed E-state index contributed by atoms with van der Waals surface area (Å²) in [6, 6.07) is 6.62. The normalized spacial score (nSPS) is 10.4. The molecule has 1 rings (SSSR count). The first-order chi connectivity index (χ1) is 7.00. The summed E-state index contributed by atoms with van der Waals surface area (Å²) >= 11 is 5.77. The zero-order valence-corrected chi connectivity index (χ0v) is 9.66. The van der Waals surface area contributed by atoms with Gasteiger partial charge in [-0.25, -0.2) is 4.79 Å². The number of rotatable bonds is 3. The van der Waals surface area contributed by atoms with Crippen LogP contribution in [-0.4, -0.2) is 12.6 Å². The van der Waals surface area contributed by atoms with E-state index in [1.165, 1.54) is 0 Å². The van der Waals surface area contributed by atoms with E-state index in [4.69, 9.17) is 17.3 Å². The van der Waals surface area contributed by atoms with Crippen molar-refractivity contribution in [2.75, 3.05) is 11.4 Å². The van der Waals surface area contributed by atoms with Crippen LogP contribution in [0.25, 0.3) is 0 Å². The van der Waals surface area contributed by atoms with Gasteiger partial charge in [0.05, 0.1) is 0 Å². The van der Waals surface area contributed by atoms with E-state index >= 15 is 0 Å². The Morgan fingerprint density at radius 1 is 1.40 bits per heavy atom. The highest BCUT2D eigenvalue weighted by atomic mass is 35.5. The third-order valence-corrected chi connectivity index (χ3v) is 2.20. The SMILES string of the molecule is CC(C)CN(C(N)=O)c1ccc(Cl)cc1. The van der Waals surface area contributed by atoms with E-state index in [0.29, 0.717) is 17.5 Å². The average molecular weight is 227 g/mol. The maximum absolute atomic E-state index is 11.2. The zero-order chi connectivity index (χ0) is 11.4. The fourth-order valence-corrected chi connectivity index (χ4v) is 1.43. The molecule has 2 amide bonds. The van der Waals surface area contributed by atoms with Gasteiger partial charge in [-0.15, -0.1) is 0 Å². The molecule has 0 unspecified atom stereocenters. The van der Waals surface area contributed by atoms with Crippen LogP contribution in [0, 0.1) is 5.92 Å². The van der Waals surface area contributed by atoms with Gasteiger partial charge in [-0.1, -0.05) is 25.4 Å². The van der Waals surface area contributed by atoms with Crippen molar-refractivity contribution in [1.82, 2.24) is 0 Å². The lowest BCUT2D eigenvalue weighted by atomic mass is 10.2. The van der Waals surface area contributed by atoms with Crippen molar-refractivity contribution in [2.45, 2.75) is 13.8 Å². The minimum absolute atomic E-state index is 0.369. The van der Waals surface area contributed by atoms with Crippen molar-refractivity contribution in [2.24, 2.45) is 11.7 Å². The van der Waals surface area contributed by atoms with E-state index in [9.17, 15) is 4.79 Å². The van der Waals surface area contributed by atoms with Crippen LogP contribution in [0.1, 0.15) is 13.8 Å². The highest BCUT2D eigenvalue weighted by molar-refractivity contribution is 6.30. The monoisotopic (exact) mass is 226 g/mol. The van der Waals surface area contributed by atoms with Gasteiger partial charge in [0.15, 0.2) is 0 Å². The van der Waals surface area contributed by atoms with Gasteiger partial charge in [0.2, 0.25) is 0 Å². The number of carbonyl (C=O) groups excluding carboxylic acids is 1. The fraction of sp³-hybridized carbons (Fsp3) is 0.364. The fourth-order valence-electron chi connectivity index (χ4n) is 1.31. The van der Waals surface area contributed by atoms with Crippen LogP contribution in [0.15, 0.2) is 24.3 Å². The Morgan fingerprint density at radius 3 is 2.33 bits per heavy atom. The van der Waals surface area contributed by atoms with Gasteiger partial charge >= 0.3 is 6.03 Å². The number of nitrogens with two attached hydrogens (primary N) is 1. The lowest BCUT2D eigenvalue weighted by molar-refractivity contribution is 0.253.